The van der Waals surface area contributed by atoms with Gasteiger partial charge in [0, 0.05) is 6.42 Å². The number of phenolic OH excluding ortho intramolecular Hbond substituents is 1. The van der Waals surface area contributed by atoms with Crippen LogP contribution in [0.3, 0.4) is 0 Å². The number of hydrogen-bond donors (Lipinski definition) is 1. The molecule has 0 aliphatic rings. The van der Waals surface area contributed by atoms with Gasteiger partial charge in [0.05, 0.1) is 5.69 Å². The summed E-state index contributed by atoms with van der Waals surface area (Å²) < 4.78 is 0. The van der Waals surface area contributed by atoms with E-state index in [0.717, 1.165) is 17.0 Å². The molecular weight excluding hydrogens is 238 g/mol. The first-order valence-corrected chi connectivity index (χ1v) is 6.15. The molecule has 1 aromatic carbocycles. The number of phenols is 1. The van der Waals surface area contributed by atoms with Crippen LogP contribution in [0.4, 0.5) is 0 Å². The zero-order chi connectivity index (χ0) is 13.8. The lowest BCUT2D eigenvalue weighted by molar-refractivity contribution is 0.467. The van der Waals surface area contributed by atoms with E-state index in [-0.39, 0.29) is 5.75 Å². The van der Waals surface area contributed by atoms with Crippen LogP contribution in [0.5, 0.6) is 5.75 Å². The summed E-state index contributed by atoms with van der Waals surface area (Å²) in [5, 5.41) is 18.7. The molecule has 1 aromatic heterocycles. The van der Waals surface area contributed by atoms with Gasteiger partial charge in [0.1, 0.15) is 17.1 Å². The highest BCUT2D eigenvalue weighted by atomic mass is 16.3. The van der Waals surface area contributed by atoms with Gasteiger partial charge in [-0.05, 0) is 37.6 Å². The third-order valence-electron chi connectivity index (χ3n) is 2.72. The van der Waals surface area contributed by atoms with E-state index >= 15 is 0 Å². The zero-order valence-corrected chi connectivity index (χ0v) is 11.2. The standard InChI is InChI=1S/C15H17N3O/c1-4-6-12-13(7-5-2)17-18(16-12)14-10-11(3)8-9-15(14)19/h4-5,7-10,19H,1,6H2,2-3H3/b7-5-. The van der Waals surface area contributed by atoms with E-state index in [1.165, 1.54) is 4.80 Å². The van der Waals surface area contributed by atoms with Crippen LogP contribution in [0.25, 0.3) is 11.8 Å². The highest BCUT2D eigenvalue weighted by Crippen LogP contribution is 2.22. The van der Waals surface area contributed by atoms with Crippen LogP contribution in [-0.2, 0) is 6.42 Å². The molecule has 4 nitrogen and oxygen atoms in total. The van der Waals surface area contributed by atoms with Gasteiger partial charge in [0.25, 0.3) is 0 Å². The molecule has 0 unspecified atom stereocenters. The Balaban J connectivity index is 2.53. The van der Waals surface area contributed by atoms with Crippen molar-refractivity contribution in [3.63, 3.8) is 0 Å². The minimum absolute atomic E-state index is 0.165. The molecule has 2 aromatic rings. The van der Waals surface area contributed by atoms with Gasteiger partial charge in [-0.2, -0.15) is 5.10 Å². The molecule has 0 atom stereocenters. The van der Waals surface area contributed by atoms with Crippen molar-refractivity contribution in [3.8, 4) is 11.4 Å². The Morgan fingerprint density at radius 3 is 2.84 bits per heavy atom. The summed E-state index contributed by atoms with van der Waals surface area (Å²) >= 11 is 0. The second kappa shape index (κ2) is 5.52. The van der Waals surface area contributed by atoms with E-state index in [1.54, 1.807) is 12.1 Å². The summed E-state index contributed by atoms with van der Waals surface area (Å²) in [4.78, 5) is 1.47. The molecule has 0 radical (unpaired) electrons. The van der Waals surface area contributed by atoms with Crippen molar-refractivity contribution < 1.29 is 5.11 Å². The lowest BCUT2D eigenvalue weighted by Gasteiger charge is -2.03. The van der Waals surface area contributed by atoms with Crippen molar-refractivity contribution in [3.05, 3.63) is 53.9 Å². The molecule has 19 heavy (non-hydrogen) atoms. The van der Waals surface area contributed by atoms with E-state index in [1.807, 2.05) is 38.1 Å². The molecule has 0 amide bonds. The Bertz CT molecular complexity index is 626. The molecule has 0 spiro atoms. The molecule has 0 fully saturated rings. The lowest BCUT2D eigenvalue weighted by Crippen LogP contribution is -2.00. The number of hydrogen-bond acceptors (Lipinski definition) is 3. The molecule has 0 saturated carbocycles. The van der Waals surface area contributed by atoms with Gasteiger partial charge < -0.3 is 5.11 Å². The van der Waals surface area contributed by atoms with E-state index in [9.17, 15) is 5.11 Å². The maximum atomic E-state index is 9.91. The molecule has 0 aliphatic heterocycles. The normalized spacial score (nSPS) is 11.1. The molecule has 98 valence electrons. The third kappa shape index (κ3) is 2.73. The lowest BCUT2D eigenvalue weighted by atomic mass is 10.2. The first-order chi connectivity index (χ1) is 9.15. The summed E-state index contributed by atoms with van der Waals surface area (Å²) in [5.74, 6) is 0.165. The smallest absolute Gasteiger partial charge is 0.143 e. The number of allylic oxidation sites excluding steroid dienone is 2. The van der Waals surface area contributed by atoms with Gasteiger partial charge in [-0.3, -0.25) is 0 Å². The molecule has 1 N–H and O–H groups in total. The number of rotatable bonds is 4. The topological polar surface area (TPSA) is 50.9 Å². The van der Waals surface area contributed by atoms with Gasteiger partial charge >= 0.3 is 0 Å². The van der Waals surface area contributed by atoms with Crippen molar-refractivity contribution in [2.24, 2.45) is 0 Å². The Hall–Kier alpha value is -2.36. The summed E-state index contributed by atoms with van der Waals surface area (Å²) in [6.07, 6.45) is 6.25. The van der Waals surface area contributed by atoms with Crippen LogP contribution in [0, 0.1) is 6.92 Å². The Kier molecular flexibility index (Phi) is 3.80. The third-order valence-corrected chi connectivity index (χ3v) is 2.72. The van der Waals surface area contributed by atoms with Crippen molar-refractivity contribution in [1.29, 1.82) is 0 Å². The van der Waals surface area contributed by atoms with Crippen molar-refractivity contribution in [1.82, 2.24) is 15.0 Å². The number of aromatic hydroxyl groups is 1. The average molecular weight is 255 g/mol. The fourth-order valence-corrected chi connectivity index (χ4v) is 1.82. The van der Waals surface area contributed by atoms with E-state index in [0.29, 0.717) is 12.1 Å². The fraction of sp³-hybridized carbons (Fsp3) is 0.200. The zero-order valence-electron chi connectivity index (χ0n) is 11.2. The van der Waals surface area contributed by atoms with E-state index in [4.69, 9.17) is 0 Å². The van der Waals surface area contributed by atoms with Crippen molar-refractivity contribution >= 4 is 6.08 Å². The summed E-state index contributed by atoms with van der Waals surface area (Å²) in [6, 6.07) is 5.35. The summed E-state index contributed by atoms with van der Waals surface area (Å²) in [7, 11) is 0. The predicted molar refractivity (Wildman–Crippen MR) is 76.4 cm³/mol. The monoisotopic (exact) mass is 255 g/mol. The second-order valence-corrected chi connectivity index (χ2v) is 4.31. The minimum Gasteiger partial charge on any atom is -0.506 e. The Morgan fingerprint density at radius 1 is 1.37 bits per heavy atom. The molecule has 2 rings (SSSR count). The minimum atomic E-state index is 0.165. The summed E-state index contributed by atoms with van der Waals surface area (Å²) in [5.41, 5.74) is 3.27. The number of nitrogens with zero attached hydrogens (tertiary/aromatic N) is 3. The highest BCUT2D eigenvalue weighted by molar-refractivity contribution is 5.50. The number of benzene rings is 1. The number of aryl methyl sites for hydroxylation is 1. The van der Waals surface area contributed by atoms with Crippen molar-refractivity contribution in [2.45, 2.75) is 20.3 Å². The molecule has 1 heterocycles. The van der Waals surface area contributed by atoms with E-state index in [2.05, 4.69) is 16.8 Å². The van der Waals surface area contributed by atoms with Crippen LogP contribution in [0.1, 0.15) is 23.9 Å². The Labute approximate surface area is 112 Å². The largest absolute Gasteiger partial charge is 0.506 e. The van der Waals surface area contributed by atoms with Gasteiger partial charge in [-0.25, -0.2) is 0 Å². The van der Waals surface area contributed by atoms with Crippen LogP contribution in [-0.4, -0.2) is 20.1 Å². The van der Waals surface area contributed by atoms with E-state index < -0.39 is 0 Å². The molecule has 0 saturated heterocycles. The van der Waals surface area contributed by atoms with Gasteiger partial charge in [0.2, 0.25) is 0 Å². The maximum Gasteiger partial charge on any atom is 0.143 e. The van der Waals surface area contributed by atoms with Crippen LogP contribution in [0.15, 0.2) is 36.9 Å². The fourth-order valence-electron chi connectivity index (χ4n) is 1.82. The quantitative estimate of drug-likeness (QED) is 0.854. The average Bonchev–Trinajstić information content (AvgIpc) is 2.77. The number of aromatic nitrogens is 3. The molecule has 4 heteroatoms. The maximum absolute atomic E-state index is 9.91. The van der Waals surface area contributed by atoms with Gasteiger partial charge in [-0.1, -0.05) is 18.2 Å². The Morgan fingerprint density at radius 2 is 2.16 bits per heavy atom. The first-order valence-electron chi connectivity index (χ1n) is 6.15. The van der Waals surface area contributed by atoms with Crippen LogP contribution >= 0.6 is 0 Å². The highest BCUT2D eigenvalue weighted by Gasteiger charge is 2.11. The predicted octanol–water partition coefficient (Wildman–Crippen LogP) is 3.04. The van der Waals surface area contributed by atoms with Crippen LogP contribution < -0.4 is 0 Å². The van der Waals surface area contributed by atoms with Gasteiger partial charge in [-0.15, -0.1) is 16.5 Å². The second-order valence-electron chi connectivity index (χ2n) is 4.31. The van der Waals surface area contributed by atoms with Gasteiger partial charge in [0.15, 0.2) is 0 Å². The molecule has 0 bridgehead atoms. The van der Waals surface area contributed by atoms with Crippen molar-refractivity contribution in [2.75, 3.05) is 0 Å². The SMILES string of the molecule is C=CCc1nn(-c2cc(C)ccc2O)nc1/C=C\C. The molecule has 0 aliphatic carbocycles. The summed E-state index contributed by atoms with van der Waals surface area (Å²) in [6.45, 7) is 7.61. The first kappa shape index (κ1) is 13.1. The van der Waals surface area contributed by atoms with Crippen LogP contribution in [0.2, 0.25) is 0 Å². The molecular formula is C15H17N3O.